The lowest BCUT2D eigenvalue weighted by Gasteiger charge is -2.33. The Morgan fingerprint density at radius 1 is 1.20 bits per heavy atom. The zero-order valence-electron chi connectivity index (χ0n) is 11.2. The maximum absolute atomic E-state index is 13.1. The van der Waals surface area contributed by atoms with Gasteiger partial charge in [-0.1, -0.05) is 19.3 Å². The molecular weight excluding hydrogens is 275 g/mol. The average Bonchev–Trinajstić information content (AvgIpc) is 2.69. The van der Waals surface area contributed by atoms with Crippen molar-refractivity contribution in [2.45, 2.75) is 56.8 Å². The molecule has 1 aliphatic heterocycles. The monoisotopic (exact) mass is 295 g/mol. The van der Waals surface area contributed by atoms with Gasteiger partial charge in [0.2, 0.25) is 0 Å². The van der Waals surface area contributed by atoms with Gasteiger partial charge in [0.1, 0.15) is 0 Å². The number of hydrogen-bond donors (Lipinski definition) is 2. The first-order chi connectivity index (χ1) is 9.28. The first kappa shape index (κ1) is 15.6. The molecule has 2 N–H and O–H groups in total. The quantitative estimate of drug-likeness (QED) is 0.765. The fourth-order valence-corrected chi connectivity index (χ4v) is 3.34. The van der Waals surface area contributed by atoms with Crippen molar-refractivity contribution in [1.82, 2.24) is 4.90 Å². The van der Waals surface area contributed by atoms with Gasteiger partial charge < -0.3 is 10.2 Å². The topological polar surface area (TPSA) is 60.8 Å². The number of carboxylic acid groups (broad SMARTS) is 1. The number of alkyl halides is 3. The predicted molar refractivity (Wildman–Crippen MR) is 65.2 cm³/mol. The number of nitrogens with zero attached hydrogens (tertiary/aromatic N) is 1. The molecule has 1 aliphatic carbocycles. The van der Waals surface area contributed by atoms with Crippen molar-refractivity contribution in [3.05, 3.63) is 0 Å². The van der Waals surface area contributed by atoms with Gasteiger partial charge in [-0.2, -0.15) is 13.2 Å². The smallest absolute Gasteiger partial charge is 0.406 e. The highest BCUT2D eigenvalue weighted by atomic mass is 19.4. The van der Waals surface area contributed by atoms with Crippen LogP contribution in [-0.4, -0.2) is 52.5 Å². The summed E-state index contributed by atoms with van der Waals surface area (Å²) in [5.41, 5.74) is -2.68. The number of likely N-dealkylation sites (tertiary alicyclic amines) is 1. The van der Waals surface area contributed by atoms with E-state index in [0.29, 0.717) is 12.8 Å². The van der Waals surface area contributed by atoms with Gasteiger partial charge in [0, 0.05) is 19.1 Å². The summed E-state index contributed by atoms with van der Waals surface area (Å²) in [6.45, 7) is -0.471. The van der Waals surface area contributed by atoms with Crippen LogP contribution in [0.5, 0.6) is 0 Å². The highest BCUT2D eigenvalue weighted by molar-refractivity contribution is 5.76. The number of halogens is 3. The van der Waals surface area contributed by atoms with E-state index in [1.807, 2.05) is 0 Å². The lowest BCUT2D eigenvalue weighted by molar-refractivity contribution is -0.228. The number of aliphatic hydroxyl groups is 1. The first-order valence-electron chi connectivity index (χ1n) is 7.00. The zero-order valence-corrected chi connectivity index (χ0v) is 11.2. The van der Waals surface area contributed by atoms with E-state index >= 15 is 0 Å². The SMILES string of the molecule is O=C(O)C1(C(F)(F)F)CCN(C2CCCCCC2O)C1. The maximum Gasteiger partial charge on any atom is 0.406 e. The summed E-state index contributed by atoms with van der Waals surface area (Å²) >= 11 is 0. The van der Waals surface area contributed by atoms with E-state index in [9.17, 15) is 23.1 Å². The van der Waals surface area contributed by atoms with Crippen molar-refractivity contribution < 1.29 is 28.2 Å². The Morgan fingerprint density at radius 3 is 2.40 bits per heavy atom. The van der Waals surface area contributed by atoms with Crippen molar-refractivity contribution in [2.24, 2.45) is 5.41 Å². The van der Waals surface area contributed by atoms with E-state index in [-0.39, 0.29) is 12.6 Å². The predicted octanol–water partition coefficient (Wildman–Crippen LogP) is 2.02. The van der Waals surface area contributed by atoms with Crippen LogP contribution >= 0.6 is 0 Å². The van der Waals surface area contributed by atoms with Crippen LogP contribution in [0.3, 0.4) is 0 Å². The summed E-state index contributed by atoms with van der Waals surface area (Å²) < 4.78 is 39.3. The van der Waals surface area contributed by atoms with Gasteiger partial charge in [-0.05, 0) is 19.3 Å². The minimum Gasteiger partial charge on any atom is -0.481 e. The Hall–Kier alpha value is -0.820. The Bertz CT molecular complexity index is 374. The van der Waals surface area contributed by atoms with E-state index in [4.69, 9.17) is 5.11 Å². The van der Waals surface area contributed by atoms with Crippen molar-refractivity contribution >= 4 is 5.97 Å². The standard InChI is InChI=1S/C13H20F3NO3/c14-13(15,16)12(11(19)20)6-7-17(8-12)9-4-2-1-3-5-10(9)18/h9-10,18H,1-8H2,(H,19,20). The highest BCUT2D eigenvalue weighted by Gasteiger charge is 2.64. The average molecular weight is 295 g/mol. The summed E-state index contributed by atoms with van der Waals surface area (Å²) in [6, 6.07) is -0.346. The Kier molecular flexibility index (Phi) is 4.30. The lowest BCUT2D eigenvalue weighted by atomic mass is 9.86. The molecule has 0 radical (unpaired) electrons. The molecule has 2 aliphatic rings. The highest BCUT2D eigenvalue weighted by Crippen LogP contribution is 2.46. The molecule has 3 atom stereocenters. The number of rotatable bonds is 2. The molecule has 116 valence electrons. The molecule has 0 bridgehead atoms. The summed E-state index contributed by atoms with van der Waals surface area (Å²) in [4.78, 5) is 12.7. The Morgan fingerprint density at radius 2 is 1.85 bits per heavy atom. The van der Waals surface area contributed by atoms with E-state index in [2.05, 4.69) is 0 Å². The Labute approximate surface area is 115 Å². The third-order valence-corrected chi connectivity index (χ3v) is 4.66. The van der Waals surface area contributed by atoms with Gasteiger partial charge >= 0.3 is 12.1 Å². The fraction of sp³-hybridized carbons (Fsp3) is 0.923. The van der Waals surface area contributed by atoms with Gasteiger partial charge in [0.15, 0.2) is 5.41 Å². The van der Waals surface area contributed by atoms with Crippen LogP contribution in [0.25, 0.3) is 0 Å². The van der Waals surface area contributed by atoms with Crippen molar-refractivity contribution in [3.8, 4) is 0 Å². The maximum atomic E-state index is 13.1. The van der Waals surface area contributed by atoms with E-state index in [1.54, 1.807) is 0 Å². The molecule has 0 aromatic heterocycles. The number of aliphatic hydroxyl groups excluding tert-OH is 1. The van der Waals surface area contributed by atoms with E-state index in [0.717, 1.165) is 19.3 Å². The van der Waals surface area contributed by atoms with Crippen LogP contribution in [0.1, 0.15) is 38.5 Å². The first-order valence-corrected chi connectivity index (χ1v) is 7.00. The molecule has 0 aromatic rings. The van der Waals surface area contributed by atoms with Crippen molar-refractivity contribution in [1.29, 1.82) is 0 Å². The molecule has 0 amide bonds. The summed E-state index contributed by atoms with van der Waals surface area (Å²) in [6.07, 6.45) is -1.94. The molecule has 20 heavy (non-hydrogen) atoms. The number of carbonyl (C=O) groups is 1. The minimum absolute atomic E-state index is 0.0769. The molecule has 0 aromatic carbocycles. The molecule has 1 saturated carbocycles. The number of carboxylic acids is 1. The second-order valence-corrected chi connectivity index (χ2v) is 5.88. The van der Waals surface area contributed by atoms with Crippen LogP contribution in [0, 0.1) is 5.41 Å². The van der Waals surface area contributed by atoms with E-state index in [1.165, 1.54) is 4.90 Å². The summed E-state index contributed by atoms with van der Waals surface area (Å²) in [7, 11) is 0. The molecule has 2 fully saturated rings. The zero-order chi connectivity index (χ0) is 15.0. The molecule has 1 heterocycles. The molecular formula is C13H20F3NO3. The van der Waals surface area contributed by atoms with E-state index < -0.39 is 36.6 Å². The van der Waals surface area contributed by atoms with Gasteiger partial charge in [-0.25, -0.2) is 0 Å². The third-order valence-electron chi connectivity index (χ3n) is 4.66. The van der Waals surface area contributed by atoms with Gasteiger partial charge in [0.25, 0.3) is 0 Å². The normalized spacial score (nSPS) is 36.8. The van der Waals surface area contributed by atoms with Crippen LogP contribution in [-0.2, 0) is 4.79 Å². The van der Waals surface area contributed by atoms with Crippen molar-refractivity contribution in [2.75, 3.05) is 13.1 Å². The van der Waals surface area contributed by atoms with Crippen molar-refractivity contribution in [3.63, 3.8) is 0 Å². The van der Waals surface area contributed by atoms with Gasteiger partial charge in [-0.3, -0.25) is 9.69 Å². The van der Waals surface area contributed by atoms with Crippen LogP contribution in [0.4, 0.5) is 13.2 Å². The fourth-order valence-electron chi connectivity index (χ4n) is 3.34. The van der Waals surface area contributed by atoms with Crippen LogP contribution in [0.2, 0.25) is 0 Å². The minimum atomic E-state index is -4.76. The van der Waals surface area contributed by atoms with Crippen LogP contribution < -0.4 is 0 Å². The second-order valence-electron chi connectivity index (χ2n) is 5.88. The molecule has 4 nitrogen and oxygen atoms in total. The summed E-state index contributed by atoms with van der Waals surface area (Å²) in [5, 5.41) is 19.1. The molecule has 1 saturated heterocycles. The number of hydrogen-bond acceptors (Lipinski definition) is 3. The Balaban J connectivity index is 2.15. The molecule has 7 heteroatoms. The van der Waals surface area contributed by atoms with Gasteiger partial charge in [0.05, 0.1) is 6.10 Å². The van der Waals surface area contributed by atoms with Crippen LogP contribution in [0.15, 0.2) is 0 Å². The lowest BCUT2D eigenvalue weighted by Crippen LogP contribution is -2.49. The van der Waals surface area contributed by atoms with Gasteiger partial charge in [-0.15, -0.1) is 0 Å². The largest absolute Gasteiger partial charge is 0.481 e. The second kappa shape index (κ2) is 5.52. The third kappa shape index (κ3) is 2.65. The molecule has 2 rings (SSSR count). The molecule has 0 spiro atoms. The number of aliphatic carboxylic acids is 1. The summed E-state index contributed by atoms with van der Waals surface area (Å²) in [5.74, 6) is -1.81. The molecule has 3 unspecified atom stereocenters.